The molecule has 0 spiro atoms. The summed E-state index contributed by atoms with van der Waals surface area (Å²) >= 11 is 0. The lowest BCUT2D eigenvalue weighted by Gasteiger charge is -2.21. The van der Waals surface area contributed by atoms with Gasteiger partial charge in [-0.1, -0.05) is 18.2 Å². The third-order valence-corrected chi connectivity index (χ3v) is 4.80. The van der Waals surface area contributed by atoms with E-state index in [2.05, 4.69) is 10.3 Å². The molecule has 3 rings (SSSR count). The SMILES string of the molecule is COc1cc(C(C)=O)ccc1OCC(=O)N[C@@H](c1ccccc1OC)c1nccn1C. The number of carbonyl (C=O) groups excluding carboxylic acids is 2. The summed E-state index contributed by atoms with van der Waals surface area (Å²) in [5.74, 6) is 1.60. The zero-order valence-electron chi connectivity index (χ0n) is 17.9. The van der Waals surface area contributed by atoms with Gasteiger partial charge in [0.05, 0.1) is 14.2 Å². The van der Waals surface area contributed by atoms with Crippen LogP contribution in [0.2, 0.25) is 0 Å². The minimum absolute atomic E-state index is 0.0858. The van der Waals surface area contributed by atoms with Crippen molar-refractivity contribution < 1.29 is 23.8 Å². The van der Waals surface area contributed by atoms with Gasteiger partial charge in [0.1, 0.15) is 17.6 Å². The Hall–Kier alpha value is -3.81. The van der Waals surface area contributed by atoms with Gasteiger partial charge in [-0.05, 0) is 31.2 Å². The zero-order chi connectivity index (χ0) is 22.4. The first-order valence-electron chi connectivity index (χ1n) is 9.65. The number of amides is 1. The molecule has 0 aliphatic heterocycles. The zero-order valence-corrected chi connectivity index (χ0v) is 17.9. The molecule has 0 saturated heterocycles. The smallest absolute Gasteiger partial charge is 0.258 e. The lowest BCUT2D eigenvalue weighted by Crippen LogP contribution is -2.34. The van der Waals surface area contributed by atoms with Crippen molar-refractivity contribution in [2.45, 2.75) is 13.0 Å². The number of ketones is 1. The van der Waals surface area contributed by atoms with Crippen LogP contribution in [-0.4, -0.2) is 42.1 Å². The number of nitrogens with one attached hydrogen (secondary N) is 1. The Labute approximate surface area is 180 Å². The van der Waals surface area contributed by atoms with Gasteiger partial charge >= 0.3 is 0 Å². The van der Waals surface area contributed by atoms with Crippen LogP contribution >= 0.6 is 0 Å². The summed E-state index contributed by atoms with van der Waals surface area (Å²) in [5, 5.41) is 2.97. The summed E-state index contributed by atoms with van der Waals surface area (Å²) in [6.07, 6.45) is 3.48. The number of aromatic nitrogens is 2. The summed E-state index contributed by atoms with van der Waals surface area (Å²) in [7, 11) is 4.91. The molecule has 0 aliphatic carbocycles. The average molecular weight is 423 g/mol. The number of aryl methyl sites for hydroxylation is 1. The van der Waals surface area contributed by atoms with Crippen molar-refractivity contribution in [1.29, 1.82) is 0 Å². The van der Waals surface area contributed by atoms with Gasteiger partial charge in [0.25, 0.3) is 5.91 Å². The summed E-state index contributed by atoms with van der Waals surface area (Å²) in [4.78, 5) is 28.7. The van der Waals surface area contributed by atoms with Crippen LogP contribution < -0.4 is 19.5 Å². The van der Waals surface area contributed by atoms with Crippen LogP contribution in [0.3, 0.4) is 0 Å². The minimum Gasteiger partial charge on any atom is -0.496 e. The summed E-state index contributed by atoms with van der Waals surface area (Å²) in [6.45, 7) is 1.23. The Morgan fingerprint density at radius 1 is 1.06 bits per heavy atom. The van der Waals surface area contributed by atoms with Crippen LogP contribution in [0.4, 0.5) is 0 Å². The molecule has 1 heterocycles. The maximum atomic E-state index is 12.8. The second-order valence-electron chi connectivity index (χ2n) is 6.85. The van der Waals surface area contributed by atoms with Crippen molar-refractivity contribution in [3.63, 3.8) is 0 Å². The number of imidazole rings is 1. The fourth-order valence-electron chi connectivity index (χ4n) is 3.19. The number of ether oxygens (including phenoxy) is 3. The third-order valence-electron chi connectivity index (χ3n) is 4.80. The van der Waals surface area contributed by atoms with E-state index in [9.17, 15) is 9.59 Å². The number of rotatable bonds is 9. The van der Waals surface area contributed by atoms with Crippen LogP contribution in [0.25, 0.3) is 0 Å². The van der Waals surface area contributed by atoms with E-state index in [1.54, 1.807) is 31.5 Å². The van der Waals surface area contributed by atoms with Gasteiger partial charge in [-0.3, -0.25) is 9.59 Å². The molecule has 1 atom stereocenters. The highest BCUT2D eigenvalue weighted by Crippen LogP contribution is 2.30. The minimum atomic E-state index is -0.533. The molecule has 8 heteroatoms. The molecular formula is C23H25N3O5. The molecule has 2 aromatic carbocycles. The van der Waals surface area contributed by atoms with E-state index in [1.165, 1.54) is 14.0 Å². The second-order valence-corrected chi connectivity index (χ2v) is 6.85. The number of hydrogen-bond donors (Lipinski definition) is 1. The van der Waals surface area contributed by atoms with Gasteiger partial charge in [0, 0.05) is 30.6 Å². The molecule has 0 radical (unpaired) electrons. The van der Waals surface area contributed by atoms with E-state index in [1.807, 2.05) is 42.1 Å². The topological polar surface area (TPSA) is 91.7 Å². The van der Waals surface area contributed by atoms with Gasteiger partial charge in [-0.2, -0.15) is 0 Å². The monoisotopic (exact) mass is 423 g/mol. The van der Waals surface area contributed by atoms with Crippen molar-refractivity contribution in [1.82, 2.24) is 14.9 Å². The molecule has 0 fully saturated rings. The van der Waals surface area contributed by atoms with Crippen LogP contribution in [-0.2, 0) is 11.8 Å². The highest BCUT2D eigenvalue weighted by molar-refractivity contribution is 5.94. The molecule has 1 aromatic heterocycles. The number of Topliss-reactive ketones (excluding diaryl/α,β-unsaturated/α-hetero) is 1. The normalized spacial score (nSPS) is 11.5. The quantitative estimate of drug-likeness (QED) is 0.532. The Morgan fingerprint density at radius 3 is 2.45 bits per heavy atom. The van der Waals surface area contributed by atoms with Crippen LogP contribution in [0.15, 0.2) is 54.9 Å². The summed E-state index contributed by atoms with van der Waals surface area (Å²) in [6, 6.07) is 11.7. The molecule has 0 saturated carbocycles. The van der Waals surface area contributed by atoms with Crippen LogP contribution in [0.5, 0.6) is 17.2 Å². The summed E-state index contributed by atoms with van der Waals surface area (Å²) in [5.41, 5.74) is 1.27. The van der Waals surface area contributed by atoms with Crippen molar-refractivity contribution >= 4 is 11.7 Å². The fraction of sp³-hybridized carbons (Fsp3) is 0.261. The number of methoxy groups -OCH3 is 2. The van der Waals surface area contributed by atoms with Gasteiger partial charge in [0.2, 0.25) is 0 Å². The number of para-hydroxylation sites is 1. The van der Waals surface area contributed by atoms with E-state index < -0.39 is 6.04 Å². The Balaban J connectivity index is 1.79. The van der Waals surface area contributed by atoms with E-state index in [4.69, 9.17) is 14.2 Å². The number of benzene rings is 2. The van der Waals surface area contributed by atoms with Gasteiger partial charge in [-0.25, -0.2) is 4.98 Å². The lowest BCUT2D eigenvalue weighted by molar-refractivity contribution is -0.123. The molecule has 1 amide bonds. The first kappa shape index (κ1) is 21.9. The third kappa shape index (κ3) is 5.03. The number of nitrogens with zero attached hydrogens (tertiary/aromatic N) is 2. The predicted molar refractivity (Wildman–Crippen MR) is 115 cm³/mol. The second kappa shape index (κ2) is 9.80. The molecule has 3 aromatic rings. The Kier molecular flexibility index (Phi) is 6.92. The van der Waals surface area contributed by atoms with Gasteiger partial charge in [0.15, 0.2) is 23.9 Å². The largest absolute Gasteiger partial charge is 0.496 e. The molecule has 8 nitrogen and oxygen atoms in total. The van der Waals surface area contributed by atoms with E-state index >= 15 is 0 Å². The summed E-state index contributed by atoms with van der Waals surface area (Å²) < 4.78 is 18.3. The Morgan fingerprint density at radius 2 is 1.81 bits per heavy atom. The van der Waals surface area contributed by atoms with Crippen molar-refractivity contribution in [3.8, 4) is 17.2 Å². The lowest BCUT2D eigenvalue weighted by atomic mass is 10.0. The molecule has 0 bridgehead atoms. The van der Waals surface area contributed by atoms with Crippen LogP contribution in [0.1, 0.15) is 34.7 Å². The predicted octanol–water partition coefficient (Wildman–Crippen LogP) is 2.92. The molecule has 0 aliphatic rings. The first-order chi connectivity index (χ1) is 14.9. The number of carbonyl (C=O) groups is 2. The molecular weight excluding hydrogens is 398 g/mol. The highest BCUT2D eigenvalue weighted by atomic mass is 16.5. The van der Waals surface area contributed by atoms with Crippen molar-refractivity contribution in [2.24, 2.45) is 7.05 Å². The van der Waals surface area contributed by atoms with Crippen molar-refractivity contribution in [3.05, 3.63) is 71.8 Å². The average Bonchev–Trinajstić information content (AvgIpc) is 3.21. The first-order valence-corrected chi connectivity index (χ1v) is 9.65. The molecule has 31 heavy (non-hydrogen) atoms. The maximum absolute atomic E-state index is 12.8. The van der Waals surface area contributed by atoms with E-state index in [-0.39, 0.29) is 18.3 Å². The standard InChI is InChI=1S/C23H25N3O5/c1-15(27)16-9-10-19(20(13-16)30-4)31-14-21(28)25-22(23-24-11-12-26(23)2)17-7-5-6-8-18(17)29-3/h5-13,22H,14H2,1-4H3,(H,25,28)/t22-/m0/s1. The fourth-order valence-corrected chi connectivity index (χ4v) is 3.19. The van der Waals surface area contributed by atoms with E-state index in [0.29, 0.717) is 28.6 Å². The molecule has 0 unspecified atom stereocenters. The highest BCUT2D eigenvalue weighted by Gasteiger charge is 2.24. The van der Waals surface area contributed by atoms with Crippen LogP contribution in [0, 0.1) is 0 Å². The van der Waals surface area contributed by atoms with Crippen molar-refractivity contribution in [2.75, 3.05) is 20.8 Å². The van der Waals surface area contributed by atoms with Gasteiger partial charge < -0.3 is 24.1 Å². The number of hydrogen-bond acceptors (Lipinski definition) is 6. The molecule has 162 valence electrons. The molecule has 1 N–H and O–H groups in total. The van der Waals surface area contributed by atoms with E-state index in [0.717, 1.165) is 5.56 Å². The maximum Gasteiger partial charge on any atom is 0.258 e. The van der Waals surface area contributed by atoms with Gasteiger partial charge in [-0.15, -0.1) is 0 Å². The Bertz CT molecular complexity index is 1080.